The molecule has 0 unspecified atom stereocenters. The normalized spacial score (nSPS) is 16.0. The van der Waals surface area contributed by atoms with E-state index in [1.807, 2.05) is 32.9 Å². The molecule has 1 saturated heterocycles. The summed E-state index contributed by atoms with van der Waals surface area (Å²) in [5.74, 6) is 0.546. The van der Waals surface area contributed by atoms with Gasteiger partial charge in [-0.15, -0.1) is 0 Å². The van der Waals surface area contributed by atoms with Gasteiger partial charge >= 0.3 is 6.09 Å². The first kappa shape index (κ1) is 24.6. The summed E-state index contributed by atoms with van der Waals surface area (Å²) in [5.41, 5.74) is 1.04. The van der Waals surface area contributed by atoms with Crippen LogP contribution in [0, 0.1) is 5.41 Å². The minimum absolute atomic E-state index is 0.0592. The van der Waals surface area contributed by atoms with E-state index < -0.39 is 5.60 Å². The topological polar surface area (TPSA) is 71.9 Å². The highest BCUT2D eigenvalue weighted by molar-refractivity contribution is 6.35. The van der Waals surface area contributed by atoms with Crippen molar-refractivity contribution in [2.45, 2.75) is 52.2 Å². The van der Waals surface area contributed by atoms with Crippen LogP contribution in [0.15, 0.2) is 36.5 Å². The Morgan fingerprint density at radius 3 is 2.53 bits per heavy atom. The fourth-order valence-corrected chi connectivity index (χ4v) is 4.24. The van der Waals surface area contributed by atoms with E-state index in [0.29, 0.717) is 48.1 Å². The predicted molar refractivity (Wildman–Crippen MR) is 125 cm³/mol. The number of nitrogens with zero attached hydrogens (tertiary/aromatic N) is 2. The van der Waals surface area contributed by atoms with Crippen molar-refractivity contribution in [3.8, 4) is 5.75 Å². The largest absolute Gasteiger partial charge is 0.486 e. The first-order valence-corrected chi connectivity index (χ1v) is 11.5. The summed E-state index contributed by atoms with van der Waals surface area (Å²) in [6.07, 6.45) is 3.56. The maximum absolute atomic E-state index is 12.3. The lowest BCUT2D eigenvalue weighted by Crippen LogP contribution is -2.47. The number of likely N-dealkylation sites (tertiary alicyclic amines) is 1. The molecule has 2 heterocycles. The zero-order chi connectivity index (χ0) is 23.4. The second-order valence-electron chi connectivity index (χ2n) is 9.32. The number of hydrogen-bond acceptors (Lipinski definition) is 5. The molecule has 1 aromatic heterocycles. The van der Waals surface area contributed by atoms with E-state index >= 15 is 0 Å². The molecule has 0 radical (unpaired) electrons. The van der Waals surface area contributed by atoms with Crippen LogP contribution in [-0.2, 0) is 17.8 Å². The maximum Gasteiger partial charge on any atom is 0.410 e. The number of aliphatic hydroxyl groups excluding tert-OH is 1. The number of piperidine rings is 1. The van der Waals surface area contributed by atoms with Crippen molar-refractivity contribution in [3.05, 3.63) is 57.8 Å². The van der Waals surface area contributed by atoms with Gasteiger partial charge in [0, 0.05) is 36.3 Å². The molecule has 1 N–H and O–H groups in total. The van der Waals surface area contributed by atoms with Crippen LogP contribution in [0.1, 0.15) is 44.9 Å². The number of rotatable bonds is 6. The number of hydrogen-bond donors (Lipinski definition) is 1. The van der Waals surface area contributed by atoms with Gasteiger partial charge in [0.25, 0.3) is 0 Å². The van der Waals surface area contributed by atoms with Gasteiger partial charge in [-0.3, -0.25) is 4.98 Å². The van der Waals surface area contributed by atoms with Crippen molar-refractivity contribution >= 4 is 29.3 Å². The van der Waals surface area contributed by atoms with E-state index in [9.17, 15) is 9.90 Å². The minimum Gasteiger partial charge on any atom is -0.486 e. The molecule has 0 atom stereocenters. The number of aliphatic hydroxyl groups is 1. The Morgan fingerprint density at radius 1 is 1.19 bits per heavy atom. The predicted octanol–water partition coefficient (Wildman–Crippen LogP) is 5.52. The van der Waals surface area contributed by atoms with Crippen LogP contribution < -0.4 is 4.74 Å². The molecule has 174 valence electrons. The van der Waals surface area contributed by atoms with Crippen LogP contribution >= 0.6 is 23.2 Å². The van der Waals surface area contributed by atoms with Crippen molar-refractivity contribution in [2.75, 3.05) is 19.7 Å². The summed E-state index contributed by atoms with van der Waals surface area (Å²) < 4.78 is 11.3. The quantitative estimate of drug-likeness (QED) is 0.589. The van der Waals surface area contributed by atoms with Gasteiger partial charge < -0.3 is 19.5 Å². The van der Waals surface area contributed by atoms with E-state index in [1.165, 1.54) is 0 Å². The molecule has 1 fully saturated rings. The monoisotopic (exact) mass is 480 g/mol. The van der Waals surface area contributed by atoms with Crippen LogP contribution in [0.25, 0.3) is 0 Å². The highest BCUT2D eigenvalue weighted by Gasteiger charge is 2.36. The van der Waals surface area contributed by atoms with Crippen LogP contribution in [0.3, 0.4) is 0 Å². The molecule has 3 rings (SSSR count). The summed E-state index contributed by atoms with van der Waals surface area (Å²) >= 11 is 12.1. The second-order valence-corrected chi connectivity index (χ2v) is 10.2. The molecule has 6 nitrogen and oxygen atoms in total. The van der Waals surface area contributed by atoms with Crippen LogP contribution in [0.4, 0.5) is 4.79 Å². The molecule has 0 aliphatic carbocycles. The third-order valence-electron chi connectivity index (χ3n) is 5.54. The average Bonchev–Trinajstić information content (AvgIpc) is 2.72. The third-order valence-corrected chi connectivity index (χ3v) is 6.07. The van der Waals surface area contributed by atoms with Crippen molar-refractivity contribution < 1.29 is 19.4 Å². The van der Waals surface area contributed by atoms with Crippen molar-refractivity contribution in [3.63, 3.8) is 0 Å². The summed E-state index contributed by atoms with van der Waals surface area (Å²) in [7, 11) is 0. The lowest BCUT2D eigenvalue weighted by molar-refractivity contribution is -0.000193. The Morgan fingerprint density at radius 2 is 1.91 bits per heavy atom. The second kappa shape index (κ2) is 10.3. The molecule has 1 aliphatic heterocycles. The highest BCUT2D eigenvalue weighted by Crippen LogP contribution is 2.35. The van der Waals surface area contributed by atoms with E-state index in [2.05, 4.69) is 4.98 Å². The van der Waals surface area contributed by atoms with E-state index in [4.69, 9.17) is 32.7 Å². The molecular formula is C24H30Cl2N2O4. The SMILES string of the molecule is CC(C)(C)OC(=O)N1CCC(CO)(Cc2ccnc(COc3ccc(Cl)cc3Cl)c2)CC1. The standard InChI is InChI=1S/C24H30Cl2N2O4/c1-23(2,3)32-22(30)28-10-7-24(16-29,8-11-28)14-17-6-9-27-19(12-17)15-31-21-5-4-18(25)13-20(21)26/h4-6,9,12-13,29H,7-8,10-11,14-16H2,1-3H3. The van der Waals surface area contributed by atoms with Gasteiger partial charge in [0.15, 0.2) is 0 Å². The smallest absolute Gasteiger partial charge is 0.410 e. The zero-order valence-corrected chi connectivity index (χ0v) is 20.2. The number of amides is 1. The number of carbonyl (C=O) groups excluding carboxylic acids is 1. The summed E-state index contributed by atoms with van der Waals surface area (Å²) in [4.78, 5) is 18.5. The Bertz CT molecular complexity index is 938. The minimum atomic E-state index is -0.519. The molecule has 1 aromatic carbocycles. The average molecular weight is 481 g/mol. The molecule has 1 aliphatic rings. The van der Waals surface area contributed by atoms with Gasteiger partial charge in [0.05, 0.1) is 10.7 Å². The van der Waals surface area contributed by atoms with Gasteiger partial charge in [-0.1, -0.05) is 23.2 Å². The molecule has 0 bridgehead atoms. The van der Waals surface area contributed by atoms with Gasteiger partial charge in [0.1, 0.15) is 18.0 Å². The number of aromatic nitrogens is 1. The number of ether oxygens (including phenoxy) is 2. The van der Waals surface area contributed by atoms with Gasteiger partial charge in [-0.2, -0.15) is 0 Å². The van der Waals surface area contributed by atoms with Crippen molar-refractivity contribution in [2.24, 2.45) is 5.41 Å². The highest BCUT2D eigenvalue weighted by atomic mass is 35.5. The summed E-state index contributed by atoms with van der Waals surface area (Å²) in [5, 5.41) is 11.2. The molecular weight excluding hydrogens is 451 g/mol. The Kier molecular flexibility index (Phi) is 7.91. The lowest BCUT2D eigenvalue weighted by atomic mass is 9.74. The van der Waals surface area contributed by atoms with Crippen LogP contribution in [-0.4, -0.2) is 46.4 Å². The summed E-state index contributed by atoms with van der Waals surface area (Å²) in [6, 6.07) is 9.03. The van der Waals surface area contributed by atoms with Crippen LogP contribution in [0.2, 0.25) is 10.0 Å². The third kappa shape index (κ3) is 6.74. The van der Waals surface area contributed by atoms with E-state index in [1.54, 1.807) is 29.3 Å². The van der Waals surface area contributed by atoms with Crippen LogP contribution in [0.5, 0.6) is 5.75 Å². The number of carbonyl (C=O) groups is 1. The molecule has 0 spiro atoms. The van der Waals surface area contributed by atoms with E-state index in [0.717, 1.165) is 11.3 Å². The molecule has 32 heavy (non-hydrogen) atoms. The number of pyridine rings is 1. The van der Waals surface area contributed by atoms with E-state index in [-0.39, 0.29) is 24.7 Å². The number of benzene rings is 1. The Labute approximate surface area is 199 Å². The summed E-state index contributed by atoms with van der Waals surface area (Å²) in [6.45, 7) is 7.03. The van der Waals surface area contributed by atoms with Gasteiger partial charge in [-0.25, -0.2) is 4.79 Å². The fraction of sp³-hybridized carbons (Fsp3) is 0.500. The molecule has 2 aromatic rings. The Hall–Kier alpha value is -2.02. The van der Waals surface area contributed by atoms with Crippen molar-refractivity contribution in [1.82, 2.24) is 9.88 Å². The van der Waals surface area contributed by atoms with Gasteiger partial charge in [-0.05, 0) is 75.9 Å². The number of halogens is 2. The van der Waals surface area contributed by atoms with Crippen molar-refractivity contribution in [1.29, 1.82) is 0 Å². The molecule has 8 heteroatoms. The maximum atomic E-state index is 12.3. The Balaban J connectivity index is 1.60. The van der Waals surface area contributed by atoms with Gasteiger partial charge in [0.2, 0.25) is 0 Å². The fourth-order valence-electron chi connectivity index (χ4n) is 3.77. The molecule has 1 amide bonds. The first-order valence-electron chi connectivity index (χ1n) is 10.7. The zero-order valence-electron chi connectivity index (χ0n) is 18.7. The molecule has 0 saturated carbocycles. The lowest BCUT2D eigenvalue weighted by Gasteiger charge is -2.41. The first-order chi connectivity index (χ1) is 15.1.